The number of anilines is 1. The van der Waals surface area contributed by atoms with Crippen molar-refractivity contribution in [1.82, 2.24) is 0 Å². The molecule has 16 heavy (non-hydrogen) atoms. The molecule has 0 bridgehead atoms. The molecule has 6 nitrogen and oxygen atoms in total. The third-order valence-electron chi connectivity index (χ3n) is 1.95. The Kier molecular flexibility index (Phi) is 4.56. The van der Waals surface area contributed by atoms with Gasteiger partial charge in [-0.3, -0.25) is 5.26 Å². The van der Waals surface area contributed by atoms with Crippen molar-refractivity contribution in [3.05, 3.63) is 24.3 Å². The van der Waals surface area contributed by atoms with Crippen molar-refractivity contribution >= 4 is 11.7 Å². The van der Waals surface area contributed by atoms with Crippen LogP contribution in [0.25, 0.3) is 0 Å². The maximum Gasteiger partial charge on any atom is 0.328 e. The summed E-state index contributed by atoms with van der Waals surface area (Å²) in [6, 6.07) is 5.78. The molecule has 0 amide bonds. The van der Waals surface area contributed by atoms with Crippen molar-refractivity contribution in [2.45, 2.75) is 6.04 Å². The Morgan fingerprint density at radius 3 is 2.88 bits per heavy atom. The lowest BCUT2D eigenvalue weighted by Crippen LogP contribution is -2.33. The summed E-state index contributed by atoms with van der Waals surface area (Å²) in [7, 11) is 1.52. The second-order valence-electron chi connectivity index (χ2n) is 3.06. The van der Waals surface area contributed by atoms with Crippen LogP contribution in [0.2, 0.25) is 0 Å². The van der Waals surface area contributed by atoms with E-state index in [1.807, 2.05) is 0 Å². The molecule has 0 aliphatic heterocycles. The molecule has 0 spiro atoms. The molecule has 0 heterocycles. The molecule has 1 aromatic rings. The van der Waals surface area contributed by atoms with Crippen LogP contribution in [-0.2, 0) is 9.68 Å². The molecule has 0 aliphatic rings. The van der Waals surface area contributed by atoms with Gasteiger partial charge in [0.25, 0.3) is 0 Å². The highest BCUT2D eigenvalue weighted by Gasteiger charge is 2.17. The van der Waals surface area contributed by atoms with E-state index in [0.717, 1.165) is 0 Å². The zero-order chi connectivity index (χ0) is 12.0. The van der Waals surface area contributed by atoms with Crippen molar-refractivity contribution in [3.8, 4) is 5.75 Å². The highest BCUT2D eigenvalue weighted by molar-refractivity contribution is 5.77. The topological polar surface area (TPSA) is 88.0 Å². The molecule has 3 N–H and O–H groups in total. The molecule has 0 radical (unpaired) electrons. The van der Waals surface area contributed by atoms with Crippen molar-refractivity contribution in [2.75, 3.05) is 19.0 Å². The number of hydrogen-bond acceptors (Lipinski definition) is 5. The van der Waals surface area contributed by atoms with Crippen LogP contribution in [-0.4, -0.2) is 36.1 Å². The number of carbonyl (C=O) groups is 1. The molecule has 0 aromatic heterocycles. The predicted molar refractivity (Wildman–Crippen MR) is 56.6 cm³/mol. The monoisotopic (exact) mass is 227 g/mol. The smallest absolute Gasteiger partial charge is 0.328 e. The summed E-state index contributed by atoms with van der Waals surface area (Å²) in [4.78, 5) is 14.6. The van der Waals surface area contributed by atoms with Crippen LogP contribution in [0.1, 0.15) is 0 Å². The molecular weight excluding hydrogens is 214 g/mol. The lowest BCUT2D eigenvalue weighted by atomic mass is 10.2. The van der Waals surface area contributed by atoms with Gasteiger partial charge in [-0.25, -0.2) is 9.68 Å². The predicted octanol–water partition coefficient (Wildman–Crippen LogP) is 1.05. The Morgan fingerprint density at radius 1 is 1.56 bits per heavy atom. The van der Waals surface area contributed by atoms with Crippen LogP contribution in [0.15, 0.2) is 24.3 Å². The molecule has 0 saturated carbocycles. The van der Waals surface area contributed by atoms with E-state index in [0.29, 0.717) is 11.4 Å². The molecule has 0 saturated heterocycles. The van der Waals surface area contributed by atoms with Crippen molar-refractivity contribution in [2.24, 2.45) is 0 Å². The van der Waals surface area contributed by atoms with Crippen LogP contribution in [0.5, 0.6) is 5.75 Å². The van der Waals surface area contributed by atoms with Gasteiger partial charge in [-0.15, -0.1) is 0 Å². The number of benzene rings is 1. The van der Waals surface area contributed by atoms with Crippen LogP contribution in [0.4, 0.5) is 5.69 Å². The average Bonchev–Trinajstić information content (AvgIpc) is 2.28. The van der Waals surface area contributed by atoms with Crippen LogP contribution >= 0.6 is 0 Å². The molecule has 1 aromatic carbocycles. The molecule has 0 aliphatic carbocycles. The minimum absolute atomic E-state index is 0.341. The first-order valence-corrected chi connectivity index (χ1v) is 4.57. The normalized spacial score (nSPS) is 11.9. The molecule has 1 rings (SSSR count). The number of carboxylic acid groups (broad SMARTS) is 1. The molecule has 6 heteroatoms. The first-order valence-electron chi connectivity index (χ1n) is 4.57. The van der Waals surface area contributed by atoms with Gasteiger partial charge in [-0.05, 0) is 12.1 Å². The van der Waals surface area contributed by atoms with Crippen LogP contribution < -0.4 is 10.1 Å². The zero-order valence-corrected chi connectivity index (χ0v) is 8.71. The number of carboxylic acids is 1. The number of rotatable bonds is 6. The number of nitrogens with one attached hydrogen (secondary N) is 1. The van der Waals surface area contributed by atoms with Gasteiger partial charge in [0.1, 0.15) is 12.4 Å². The third kappa shape index (κ3) is 3.41. The Bertz CT molecular complexity index is 355. The standard InChI is InChI=1S/C10H13NO5/c1-15-8-4-2-3-7(5-8)11-9(6-16-14)10(12)13/h2-5,9,11,14H,6H2,1H3,(H,12,13). The van der Waals surface area contributed by atoms with E-state index in [9.17, 15) is 4.79 Å². The largest absolute Gasteiger partial charge is 0.497 e. The van der Waals surface area contributed by atoms with Gasteiger partial charge in [0, 0.05) is 11.8 Å². The van der Waals surface area contributed by atoms with Gasteiger partial charge in [0.2, 0.25) is 0 Å². The molecule has 1 atom stereocenters. The van der Waals surface area contributed by atoms with Crippen molar-refractivity contribution < 1.29 is 24.8 Å². The third-order valence-corrected chi connectivity index (χ3v) is 1.95. The van der Waals surface area contributed by atoms with Crippen molar-refractivity contribution in [3.63, 3.8) is 0 Å². The van der Waals surface area contributed by atoms with E-state index in [1.165, 1.54) is 7.11 Å². The minimum Gasteiger partial charge on any atom is -0.497 e. The van der Waals surface area contributed by atoms with Gasteiger partial charge in [-0.2, -0.15) is 0 Å². The SMILES string of the molecule is COc1cccc(NC(COO)C(=O)O)c1. The summed E-state index contributed by atoms with van der Waals surface area (Å²) in [5.74, 6) is -0.504. The summed E-state index contributed by atoms with van der Waals surface area (Å²) in [6.45, 7) is -0.341. The summed E-state index contributed by atoms with van der Waals surface area (Å²) < 4.78 is 4.99. The van der Waals surface area contributed by atoms with E-state index in [1.54, 1.807) is 24.3 Å². The fourth-order valence-corrected chi connectivity index (χ4v) is 1.16. The maximum atomic E-state index is 10.8. The maximum absolute atomic E-state index is 10.8. The highest BCUT2D eigenvalue weighted by Crippen LogP contribution is 2.17. The fourth-order valence-electron chi connectivity index (χ4n) is 1.16. The van der Waals surface area contributed by atoms with E-state index >= 15 is 0 Å². The Balaban J connectivity index is 2.72. The number of methoxy groups -OCH3 is 1. The van der Waals surface area contributed by atoms with E-state index in [4.69, 9.17) is 15.1 Å². The minimum atomic E-state index is -1.11. The zero-order valence-electron chi connectivity index (χ0n) is 8.71. The Labute approximate surface area is 92.3 Å². The number of aliphatic carboxylic acids is 1. The van der Waals surface area contributed by atoms with Crippen LogP contribution in [0.3, 0.4) is 0 Å². The summed E-state index contributed by atoms with van der Waals surface area (Å²) >= 11 is 0. The second-order valence-corrected chi connectivity index (χ2v) is 3.06. The molecule has 88 valence electrons. The molecular formula is C10H13NO5. The van der Waals surface area contributed by atoms with Crippen LogP contribution in [0, 0.1) is 0 Å². The first kappa shape index (κ1) is 12.3. The van der Waals surface area contributed by atoms with Gasteiger partial charge >= 0.3 is 5.97 Å². The average molecular weight is 227 g/mol. The summed E-state index contributed by atoms with van der Waals surface area (Å²) in [5, 5.41) is 19.7. The molecule has 1 unspecified atom stereocenters. The highest BCUT2D eigenvalue weighted by atomic mass is 17.1. The lowest BCUT2D eigenvalue weighted by Gasteiger charge is -2.14. The fraction of sp³-hybridized carbons (Fsp3) is 0.300. The Hall–Kier alpha value is -1.79. The number of hydrogen-bond donors (Lipinski definition) is 3. The summed E-state index contributed by atoms with van der Waals surface area (Å²) in [6.07, 6.45) is 0. The lowest BCUT2D eigenvalue weighted by molar-refractivity contribution is -0.244. The molecule has 0 fully saturated rings. The first-order chi connectivity index (χ1) is 7.67. The van der Waals surface area contributed by atoms with E-state index in [2.05, 4.69) is 10.2 Å². The quantitative estimate of drug-likeness (QED) is 0.497. The van der Waals surface area contributed by atoms with Gasteiger partial charge < -0.3 is 15.2 Å². The second kappa shape index (κ2) is 5.94. The van der Waals surface area contributed by atoms with Gasteiger partial charge in [-0.1, -0.05) is 6.07 Å². The Morgan fingerprint density at radius 2 is 2.31 bits per heavy atom. The van der Waals surface area contributed by atoms with E-state index < -0.39 is 12.0 Å². The number of ether oxygens (including phenoxy) is 1. The van der Waals surface area contributed by atoms with Gasteiger partial charge in [0.05, 0.1) is 7.11 Å². The van der Waals surface area contributed by atoms with Gasteiger partial charge in [0.15, 0.2) is 6.04 Å². The van der Waals surface area contributed by atoms with Crippen molar-refractivity contribution in [1.29, 1.82) is 0 Å². The summed E-state index contributed by atoms with van der Waals surface area (Å²) in [5.41, 5.74) is 0.573. The van der Waals surface area contributed by atoms with E-state index in [-0.39, 0.29) is 6.61 Å².